The summed E-state index contributed by atoms with van der Waals surface area (Å²) in [5.41, 5.74) is 17.9. The average molecular weight is 1290 g/mol. The van der Waals surface area contributed by atoms with Crippen molar-refractivity contribution in [2.75, 3.05) is 19.8 Å². The summed E-state index contributed by atoms with van der Waals surface area (Å²) >= 11 is 0. The lowest BCUT2D eigenvalue weighted by molar-refractivity contribution is -0.138. The molecule has 96 heavy (non-hydrogen) atoms. The predicted molar refractivity (Wildman–Crippen MR) is 368 cm³/mol. The van der Waals surface area contributed by atoms with Gasteiger partial charge in [-0.25, -0.2) is 13.2 Å². The Morgan fingerprint density at radius 2 is 0.625 bits per heavy atom. The van der Waals surface area contributed by atoms with Gasteiger partial charge in [0.15, 0.2) is 0 Å². The van der Waals surface area contributed by atoms with Crippen molar-refractivity contribution in [3.8, 4) is 50.6 Å². The molecule has 0 aromatic heterocycles. The highest BCUT2D eigenvalue weighted by molar-refractivity contribution is 5.71. The van der Waals surface area contributed by atoms with Crippen LogP contribution in [-0.4, -0.2) is 53.0 Å². The maximum absolute atomic E-state index is 14.3. The minimum Gasteiger partial charge on any atom is -0.493 e. The Labute approximate surface area is 560 Å². The van der Waals surface area contributed by atoms with Crippen LogP contribution >= 0.6 is 0 Å². The van der Waals surface area contributed by atoms with Crippen molar-refractivity contribution in [1.82, 2.24) is 0 Å². The Balaban J connectivity index is 0.000000130. The Morgan fingerprint density at radius 1 is 0.365 bits per heavy atom. The smallest absolute Gasteiger partial charge is 0.303 e. The molecule has 3 N–H and O–H groups in total. The van der Waals surface area contributed by atoms with Crippen LogP contribution in [-0.2, 0) is 33.6 Å². The lowest BCUT2D eigenvalue weighted by atomic mass is 9.85. The van der Waals surface area contributed by atoms with Gasteiger partial charge in [-0.3, -0.25) is 14.4 Å². The van der Waals surface area contributed by atoms with E-state index in [1.54, 1.807) is 18.2 Å². The zero-order valence-corrected chi connectivity index (χ0v) is 54.5. The normalized spacial score (nSPS) is 18.5. The number of carbonyl (C=O) groups is 3. The van der Waals surface area contributed by atoms with Crippen LogP contribution in [0.15, 0.2) is 182 Å². The molecular formula is C84H81F3O9. The van der Waals surface area contributed by atoms with E-state index in [9.17, 15) is 42.9 Å². The molecule has 15 rings (SSSR count). The molecule has 6 aliphatic rings. The molecule has 3 aliphatic heterocycles. The van der Waals surface area contributed by atoms with Crippen molar-refractivity contribution in [3.63, 3.8) is 0 Å². The number of halogens is 3. The quantitative estimate of drug-likeness (QED) is 0.0766. The Hall–Kier alpha value is -9.42. The first-order valence-electron chi connectivity index (χ1n) is 33.9. The van der Waals surface area contributed by atoms with Crippen LogP contribution in [0.2, 0.25) is 0 Å². The number of carboxylic acid groups (broad SMARTS) is 3. The molecule has 3 heterocycles. The Morgan fingerprint density at radius 3 is 0.865 bits per heavy atom. The van der Waals surface area contributed by atoms with Crippen LogP contribution in [0, 0.1) is 56.0 Å². The number of hydrogen-bond donors (Lipinski definition) is 3. The van der Waals surface area contributed by atoms with E-state index >= 15 is 0 Å². The van der Waals surface area contributed by atoms with Gasteiger partial charge in [0.1, 0.15) is 34.7 Å². The van der Waals surface area contributed by atoms with E-state index < -0.39 is 17.9 Å². The molecule has 492 valence electrons. The molecular weight excluding hydrogens is 1210 g/mol. The number of benzene rings is 9. The van der Waals surface area contributed by atoms with E-state index in [1.807, 2.05) is 112 Å². The molecule has 3 aliphatic carbocycles. The third-order valence-corrected chi connectivity index (χ3v) is 20.5. The molecule has 12 heteroatoms. The lowest BCUT2D eigenvalue weighted by Crippen LogP contribution is -2.20. The van der Waals surface area contributed by atoms with Crippen LogP contribution in [0.5, 0.6) is 17.2 Å². The van der Waals surface area contributed by atoms with Crippen LogP contribution in [0.3, 0.4) is 0 Å². The van der Waals surface area contributed by atoms with Gasteiger partial charge in [0.2, 0.25) is 0 Å². The van der Waals surface area contributed by atoms with Crippen LogP contribution < -0.4 is 14.2 Å². The summed E-state index contributed by atoms with van der Waals surface area (Å²) < 4.78 is 61.0. The van der Waals surface area contributed by atoms with E-state index in [2.05, 4.69) is 54.6 Å². The first kappa shape index (κ1) is 65.3. The summed E-state index contributed by atoms with van der Waals surface area (Å²) in [7, 11) is 0. The molecule has 3 fully saturated rings. The molecule has 9 nitrogen and oxygen atoms in total. The van der Waals surface area contributed by atoms with Crippen molar-refractivity contribution < 1.29 is 57.1 Å². The molecule has 6 atom stereocenters. The number of aryl methyl sites for hydroxylation is 3. The van der Waals surface area contributed by atoms with Gasteiger partial charge in [-0.2, -0.15) is 0 Å². The van der Waals surface area contributed by atoms with Crippen molar-refractivity contribution in [2.45, 2.75) is 133 Å². The van der Waals surface area contributed by atoms with E-state index in [0.29, 0.717) is 54.3 Å². The zero-order valence-electron chi connectivity index (χ0n) is 54.5. The monoisotopic (exact) mass is 1290 g/mol. The number of hydrogen-bond acceptors (Lipinski definition) is 6. The minimum absolute atomic E-state index is 0.0849. The standard InChI is InChI=1S/3C28H27FO3/c3*1-17-2-10-26(29)25(12-17)20-5-3-18(4-6-20)23-14-22-13-21(9-11-27(22)32-16-23)24(15-28(30)31)19-7-8-19/h3*2-6,9-13,19,23-24H,7-8,14-16H2,1H3,(H,30,31). The van der Waals surface area contributed by atoms with Gasteiger partial charge in [-0.05, 0) is 235 Å². The third kappa shape index (κ3) is 15.6. The summed E-state index contributed by atoms with van der Waals surface area (Å²) in [5.74, 6) is 2.20. The highest BCUT2D eigenvalue weighted by atomic mass is 19.1. The number of carboxylic acids is 3. The van der Waals surface area contributed by atoms with Gasteiger partial charge < -0.3 is 29.5 Å². The summed E-state index contributed by atoms with van der Waals surface area (Å²) in [6.07, 6.45) is 9.79. The largest absolute Gasteiger partial charge is 0.493 e. The minimum atomic E-state index is -0.737. The second-order valence-corrected chi connectivity index (χ2v) is 27.7. The highest BCUT2D eigenvalue weighted by Crippen LogP contribution is 2.49. The first-order chi connectivity index (χ1) is 46.4. The van der Waals surface area contributed by atoms with E-state index in [0.717, 1.165) is 142 Å². The topological polar surface area (TPSA) is 140 Å². The van der Waals surface area contributed by atoms with Crippen LogP contribution in [0.25, 0.3) is 33.4 Å². The molecule has 0 radical (unpaired) electrons. The van der Waals surface area contributed by atoms with Crippen molar-refractivity contribution in [1.29, 1.82) is 0 Å². The number of fused-ring (bicyclic) bond motifs is 3. The summed E-state index contributed by atoms with van der Waals surface area (Å²) in [6, 6.07) is 58.4. The Bertz CT molecular complexity index is 3880. The fraction of sp³-hybridized carbons (Fsp3) is 0.321. The molecule has 0 spiro atoms. The second-order valence-electron chi connectivity index (χ2n) is 27.7. The lowest BCUT2D eigenvalue weighted by Gasteiger charge is -2.27. The molecule has 9 aromatic rings. The van der Waals surface area contributed by atoms with Gasteiger partial charge in [0, 0.05) is 34.4 Å². The van der Waals surface area contributed by atoms with E-state index in [4.69, 9.17) is 14.2 Å². The summed E-state index contributed by atoms with van der Waals surface area (Å²) in [4.78, 5) is 34.1. The average Bonchev–Trinajstić information content (AvgIpc) is 1.59. The van der Waals surface area contributed by atoms with Crippen LogP contribution in [0.4, 0.5) is 13.2 Å². The van der Waals surface area contributed by atoms with Gasteiger partial charge >= 0.3 is 17.9 Å². The van der Waals surface area contributed by atoms with Gasteiger partial charge in [0.05, 0.1) is 39.1 Å². The molecule has 0 bridgehead atoms. The SMILES string of the molecule is Cc1ccc(F)c(-c2ccc(C3COc4ccc(C(CC(=O)O)C5CC5)cc4C3)cc2)c1.Cc1ccc(F)c(-c2ccc(C3COc4ccc(C(CC(=O)O)C5CC5)cc4C3)cc2)c1.Cc1ccc(F)c(-c2ccc(C3COc4ccc(C(CC(=O)O)C5CC5)cc4C3)cc2)c1. The maximum atomic E-state index is 14.3. The molecule has 9 aromatic carbocycles. The second kappa shape index (κ2) is 28.5. The molecule has 3 saturated carbocycles. The van der Waals surface area contributed by atoms with Crippen molar-refractivity contribution in [3.05, 3.63) is 266 Å². The predicted octanol–water partition coefficient (Wildman–Crippen LogP) is 19.5. The first-order valence-corrected chi connectivity index (χ1v) is 33.9. The van der Waals surface area contributed by atoms with E-state index in [-0.39, 0.29) is 72.2 Å². The molecule has 6 unspecified atom stereocenters. The molecule has 0 amide bonds. The van der Waals surface area contributed by atoms with Crippen molar-refractivity contribution in [2.24, 2.45) is 17.8 Å². The number of aliphatic carboxylic acids is 3. The summed E-state index contributed by atoms with van der Waals surface area (Å²) in [6.45, 7) is 7.70. The van der Waals surface area contributed by atoms with Gasteiger partial charge in [0.25, 0.3) is 0 Å². The Kier molecular flexibility index (Phi) is 19.4. The van der Waals surface area contributed by atoms with Crippen molar-refractivity contribution >= 4 is 17.9 Å². The number of rotatable bonds is 18. The third-order valence-electron chi connectivity index (χ3n) is 20.5. The summed E-state index contributed by atoms with van der Waals surface area (Å²) in [5, 5.41) is 28.0. The zero-order chi connectivity index (χ0) is 66.7. The van der Waals surface area contributed by atoms with Crippen LogP contribution in [0.1, 0.15) is 160 Å². The fourth-order valence-electron chi connectivity index (χ4n) is 14.7. The van der Waals surface area contributed by atoms with E-state index in [1.165, 1.54) is 34.9 Å². The van der Waals surface area contributed by atoms with Gasteiger partial charge in [-0.1, -0.05) is 144 Å². The fourth-order valence-corrected chi connectivity index (χ4v) is 14.7. The maximum Gasteiger partial charge on any atom is 0.303 e. The van der Waals surface area contributed by atoms with Gasteiger partial charge in [-0.15, -0.1) is 0 Å². The molecule has 0 saturated heterocycles. The number of ether oxygens (including phenoxy) is 3. The highest BCUT2D eigenvalue weighted by Gasteiger charge is 2.38.